The highest BCUT2D eigenvalue weighted by Crippen LogP contribution is 2.23. The maximum Gasteiger partial charge on any atom is 0.241 e. The van der Waals surface area contributed by atoms with Crippen LogP contribution in [-0.4, -0.2) is 41.8 Å². The highest BCUT2D eigenvalue weighted by atomic mass is 32.2. The lowest BCUT2D eigenvalue weighted by molar-refractivity contribution is -0.120. The highest BCUT2D eigenvalue weighted by Gasteiger charge is 2.23. The van der Waals surface area contributed by atoms with Crippen LogP contribution in [0.2, 0.25) is 0 Å². The molecule has 0 aromatic heterocycles. The third kappa shape index (κ3) is 6.04. The van der Waals surface area contributed by atoms with Crippen LogP contribution in [0.15, 0.2) is 53.4 Å². The summed E-state index contributed by atoms with van der Waals surface area (Å²) in [6, 6.07) is 12.9. The Balaban J connectivity index is 2.21. The smallest absolute Gasteiger partial charge is 0.241 e. The van der Waals surface area contributed by atoms with E-state index in [0.29, 0.717) is 12.1 Å². The van der Waals surface area contributed by atoms with E-state index in [1.807, 2.05) is 6.92 Å². The zero-order valence-electron chi connectivity index (χ0n) is 16.9. The van der Waals surface area contributed by atoms with E-state index >= 15 is 0 Å². The van der Waals surface area contributed by atoms with E-state index in [2.05, 4.69) is 5.32 Å². The standard InChI is InChI=1S/C20H26N2O5S2/c1-5-18(16-10-12-17(13-11-16)28(3,24)25)21-20(23)14-22(29(4,26)27)19-9-7-6-8-15(19)2/h6-13,18H,5,14H2,1-4H3,(H,21,23). The number of anilines is 1. The lowest BCUT2D eigenvalue weighted by Gasteiger charge is -2.25. The van der Waals surface area contributed by atoms with E-state index in [9.17, 15) is 21.6 Å². The molecule has 1 unspecified atom stereocenters. The molecule has 7 nitrogen and oxygen atoms in total. The van der Waals surface area contributed by atoms with Gasteiger partial charge in [0.25, 0.3) is 0 Å². The number of nitrogens with one attached hydrogen (secondary N) is 1. The molecule has 158 valence electrons. The van der Waals surface area contributed by atoms with Gasteiger partial charge in [-0.05, 0) is 42.7 Å². The van der Waals surface area contributed by atoms with Crippen LogP contribution >= 0.6 is 0 Å². The molecule has 0 aliphatic rings. The van der Waals surface area contributed by atoms with Gasteiger partial charge in [-0.3, -0.25) is 9.10 Å². The van der Waals surface area contributed by atoms with Crippen molar-refractivity contribution in [2.24, 2.45) is 0 Å². The van der Waals surface area contributed by atoms with E-state index in [-0.39, 0.29) is 17.5 Å². The fourth-order valence-electron chi connectivity index (χ4n) is 2.96. The number of hydrogen-bond donors (Lipinski definition) is 1. The molecule has 0 aliphatic carbocycles. The average molecular weight is 439 g/mol. The molecular formula is C20H26N2O5S2. The molecule has 0 spiro atoms. The van der Waals surface area contributed by atoms with Gasteiger partial charge in [0.2, 0.25) is 15.9 Å². The Labute approximate surface area is 172 Å². The van der Waals surface area contributed by atoms with E-state index in [0.717, 1.165) is 27.9 Å². The predicted octanol–water partition coefficient (Wildman–Crippen LogP) is 2.43. The number of carbonyl (C=O) groups is 1. The minimum Gasteiger partial charge on any atom is -0.348 e. The normalized spacial score (nSPS) is 13.0. The first-order valence-corrected chi connectivity index (χ1v) is 12.8. The molecule has 2 aromatic rings. The maximum absolute atomic E-state index is 12.6. The number of benzene rings is 2. The summed E-state index contributed by atoms with van der Waals surface area (Å²) in [5.41, 5.74) is 1.94. The summed E-state index contributed by atoms with van der Waals surface area (Å²) >= 11 is 0. The molecule has 9 heteroatoms. The minimum absolute atomic E-state index is 0.199. The lowest BCUT2D eigenvalue weighted by Crippen LogP contribution is -2.41. The molecule has 0 radical (unpaired) electrons. The van der Waals surface area contributed by atoms with Crippen LogP contribution in [0, 0.1) is 6.92 Å². The lowest BCUT2D eigenvalue weighted by atomic mass is 10.0. The van der Waals surface area contributed by atoms with Gasteiger partial charge in [0, 0.05) is 6.26 Å². The van der Waals surface area contributed by atoms with Crippen molar-refractivity contribution in [3.63, 3.8) is 0 Å². The Hall–Kier alpha value is -2.39. The van der Waals surface area contributed by atoms with Crippen molar-refractivity contribution in [3.8, 4) is 0 Å². The van der Waals surface area contributed by atoms with Crippen LogP contribution < -0.4 is 9.62 Å². The molecule has 1 amide bonds. The number of para-hydroxylation sites is 1. The molecule has 2 rings (SSSR count). The largest absolute Gasteiger partial charge is 0.348 e. The zero-order chi connectivity index (χ0) is 21.8. The second-order valence-corrected chi connectivity index (χ2v) is 10.8. The molecule has 0 heterocycles. The van der Waals surface area contributed by atoms with Gasteiger partial charge in [-0.2, -0.15) is 0 Å². The zero-order valence-corrected chi connectivity index (χ0v) is 18.5. The topological polar surface area (TPSA) is 101 Å². The summed E-state index contributed by atoms with van der Waals surface area (Å²) in [7, 11) is -6.96. The molecule has 0 saturated heterocycles. The van der Waals surface area contributed by atoms with Gasteiger partial charge in [0.1, 0.15) is 6.54 Å². The second-order valence-electron chi connectivity index (χ2n) is 6.93. The van der Waals surface area contributed by atoms with Crippen LogP contribution in [0.1, 0.15) is 30.5 Å². The van der Waals surface area contributed by atoms with Gasteiger partial charge in [-0.1, -0.05) is 37.3 Å². The number of rotatable bonds is 8. The number of sulfonamides is 1. The van der Waals surface area contributed by atoms with Gasteiger partial charge in [0.05, 0.1) is 22.9 Å². The Morgan fingerprint density at radius 2 is 1.59 bits per heavy atom. The quantitative estimate of drug-likeness (QED) is 0.682. The monoisotopic (exact) mass is 438 g/mol. The van der Waals surface area contributed by atoms with Gasteiger partial charge >= 0.3 is 0 Å². The molecule has 0 aliphatic heterocycles. The maximum atomic E-state index is 12.6. The molecule has 0 fully saturated rings. The van der Waals surface area contributed by atoms with E-state index in [1.165, 1.54) is 12.1 Å². The number of sulfone groups is 1. The van der Waals surface area contributed by atoms with E-state index in [4.69, 9.17) is 0 Å². The van der Waals surface area contributed by atoms with Gasteiger partial charge in [-0.25, -0.2) is 16.8 Å². The summed E-state index contributed by atoms with van der Waals surface area (Å²) in [5.74, 6) is -0.447. The molecule has 0 bridgehead atoms. The summed E-state index contributed by atoms with van der Waals surface area (Å²) < 4.78 is 48.8. The fourth-order valence-corrected chi connectivity index (χ4v) is 4.51. The van der Waals surface area contributed by atoms with Crippen LogP contribution in [0.25, 0.3) is 0 Å². The first kappa shape index (κ1) is 22.9. The first-order valence-electron chi connectivity index (χ1n) is 9.06. The molecule has 2 aromatic carbocycles. The van der Waals surface area contributed by atoms with Crippen LogP contribution in [0.5, 0.6) is 0 Å². The summed E-state index contributed by atoms with van der Waals surface area (Å²) in [6.45, 7) is 3.32. The number of nitrogens with zero attached hydrogens (tertiary/aromatic N) is 1. The minimum atomic E-state index is -3.66. The number of aryl methyl sites for hydroxylation is 1. The van der Waals surface area contributed by atoms with Crippen molar-refractivity contribution in [2.75, 3.05) is 23.4 Å². The Bertz CT molecular complexity index is 1080. The Morgan fingerprint density at radius 1 is 1.00 bits per heavy atom. The molecular weight excluding hydrogens is 412 g/mol. The SMILES string of the molecule is CCC(NC(=O)CN(c1ccccc1C)S(C)(=O)=O)c1ccc(S(C)(=O)=O)cc1. The number of amides is 1. The highest BCUT2D eigenvalue weighted by molar-refractivity contribution is 7.92. The van der Waals surface area contributed by atoms with E-state index < -0.39 is 25.8 Å². The summed E-state index contributed by atoms with van der Waals surface area (Å²) in [6.07, 6.45) is 2.76. The van der Waals surface area contributed by atoms with Crippen LogP contribution in [0.3, 0.4) is 0 Å². The number of carbonyl (C=O) groups excluding carboxylic acids is 1. The van der Waals surface area contributed by atoms with Crippen molar-refractivity contribution >= 4 is 31.5 Å². The first-order chi connectivity index (χ1) is 13.4. The summed E-state index contributed by atoms with van der Waals surface area (Å²) in [5, 5.41) is 2.84. The molecule has 0 saturated carbocycles. The van der Waals surface area contributed by atoms with Crippen LogP contribution in [0.4, 0.5) is 5.69 Å². The van der Waals surface area contributed by atoms with Crippen LogP contribution in [-0.2, 0) is 24.7 Å². The van der Waals surface area contributed by atoms with Crippen molar-refractivity contribution in [1.29, 1.82) is 0 Å². The molecule has 1 atom stereocenters. The van der Waals surface area contributed by atoms with Gasteiger partial charge < -0.3 is 5.32 Å². The molecule has 29 heavy (non-hydrogen) atoms. The third-order valence-electron chi connectivity index (χ3n) is 4.53. The summed E-state index contributed by atoms with van der Waals surface area (Å²) in [4.78, 5) is 12.8. The van der Waals surface area contributed by atoms with Crippen molar-refractivity contribution in [3.05, 3.63) is 59.7 Å². The Morgan fingerprint density at radius 3 is 2.07 bits per heavy atom. The number of hydrogen-bond acceptors (Lipinski definition) is 5. The fraction of sp³-hybridized carbons (Fsp3) is 0.350. The average Bonchev–Trinajstić information content (AvgIpc) is 2.63. The third-order valence-corrected chi connectivity index (χ3v) is 6.78. The van der Waals surface area contributed by atoms with Gasteiger partial charge in [0.15, 0.2) is 9.84 Å². The van der Waals surface area contributed by atoms with Crippen molar-refractivity contribution < 1.29 is 21.6 Å². The van der Waals surface area contributed by atoms with Crippen molar-refractivity contribution in [1.82, 2.24) is 5.32 Å². The van der Waals surface area contributed by atoms with E-state index in [1.54, 1.807) is 43.3 Å². The Kier molecular flexibility index (Phi) is 7.07. The van der Waals surface area contributed by atoms with Crippen molar-refractivity contribution in [2.45, 2.75) is 31.2 Å². The second kappa shape index (κ2) is 8.96. The predicted molar refractivity (Wildman–Crippen MR) is 114 cm³/mol. The molecule has 1 N–H and O–H groups in total. The van der Waals surface area contributed by atoms with Gasteiger partial charge in [-0.15, -0.1) is 0 Å².